The zero-order valence-corrected chi connectivity index (χ0v) is 14.8. The van der Waals surface area contributed by atoms with Crippen molar-refractivity contribution in [1.82, 2.24) is 15.2 Å². The van der Waals surface area contributed by atoms with Gasteiger partial charge in [0, 0.05) is 18.2 Å². The maximum atomic E-state index is 10.7. The zero-order valence-electron chi connectivity index (χ0n) is 14.0. The van der Waals surface area contributed by atoms with Gasteiger partial charge in [0.1, 0.15) is 11.6 Å². The van der Waals surface area contributed by atoms with Crippen molar-refractivity contribution in [2.24, 2.45) is 5.92 Å². The summed E-state index contributed by atoms with van der Waals surface area (Å²) in [4.78, 5) is 14.8. The van der Waals surface area contributed by atoms with E-state index in [-0.39, 0.29) is 5.69 Å². The summed E-state index contributed by atoms with van der Waals surface area (Å²) in [5.41, 5.74) is 0.0334. The second-order valence-corrected chi connectivity index (χ2v) is 7.27. The first-order valence-corrected chi connectivity index (χ1v) is 9.60. The van der Waals surface area contributed by atoms with Gasteiger partial charge in [-0.3, -0.25) is 15.2 Å². The topological polar surface area (TPSA) is 93.9 Å². The molecule has 0 aliphatic heterocycles. The highest BCUT2D eigenvalue weighted by Crippen LogP contribution is 2.28. The summed E-state index contributed by atoms with van der Waals surface area (Å²) in [6, 6.07) is 6.21. The minimum Gasteiger partial charge on any atom is -0.492 e. The number of ether oxygens (including phenoxy) is 1. The van der Waals surface area contributed by atoms with E-state index in [4.69, 9.17) is 4.74 Å². The first-order chi connectivity index (χ1) is 12.2. The number of non-ortho nitro benzene ring substituents is 1. The van der Waals surface area contributed by atoms with E-state index in [2.05, 4.69) is 15.2 Å². The molecule has 134 valence electrons. The molecule has 0 atom stereocenters. The lowest BCUT2D eigenvalue weighted by Crippen LogP contribution is -2.01. The summed E-state index contributed by atoms with van der Waals surface area (Å²) in [6.07, 6.45) is 7.59. The molecule has 25 heavy (non-hydrogen) atoms. The predicted molar refractivity (Wildman–Crippen MR) is 96.0 cm³/mol. The standard InChI is InChI=1S/C17H22N4O3S/c22-21(23)14-6-3-7-15(12-14)24-10-11-25-17-18-16(19-20-17)9-8-13-4-1-2-5-13/h3,6-7,12-13H,1-2,4-5,8-11H2,(H,18,19,20). The third-order valence-electron chi connectivity index (χ3n) is 4.39. The Bertz CT molecular complexity index is 701. The number of nitro benzene ring substituents is 1. The molecular weight excluding hydrogens is 340 g/mol. The van der Waals surface area contributed by atoms with Crippen molar-refractivity contribution in [2.45, 2.75) is 43.7 Å². The Labute approximate surface area is 150 Å². The van der Waals surface area contributed by atoms with Gasteiger partial charge in [-0.05, 0) is 18.4 Å². The SMILES string of the molecule is O=[N+]([O-])c1cccc(OCCSc2n[nH]c(CCC3CCCC3)n2)c1. The normalized spacial score (nSPS) is 14.7. The van der Waals surface area contributed by atoms with E-state index in [0.29, 0.717) is 18.1 Å². The number of aryl methyl sites for hydroxylation is 1. The Morgan fingerprint density at radius 2 is 2.20 bits per heavy atom. The lowest BCUT2D eigenvalue weighted by atomic mass is 10.0. The van der Waals surface area contributed by atoms with Gasteiger partial charge in [-0.2, -0.15) is 0 Å². The number of nitrogens with zero attached hydrogens (tertiary/aromatic N) is 3. The molecule has 1 aliphatic rings. The largest absolute Gasteiger partial charge is 0.492 e. The van der Waals surface area contributed by atoms with Crippen molar-refractivity contribution in [3.8, 4) is 5.75 Å². The highest BCUT2D eigenvalue weighted by molar-refractivity contribution is 7.99. The van der Waals surface area contributed by atoms with Gasteiger partial charge in [0.15, 0.2) is 0 Å². The molecule has 1 saturated carbocycles. The van der Waals surface area contributed by atoms with Gasteiger partial charge in [-0.15, -0.1) is 5.10 Å². The zero-order chi connectivity index (χ0) is 17.5. The summed E-state index contributed by atoms with van der Waals surface area (Å²) in [5, 5.41) is 18.7. The smallest absolute Gasteiger partial charge is 0.273 e. The molecule has 2 aromatic rings. The predicted octanol–water partition coefficient (Wildman–Crippen LogP) is 4.01. The Balaban J connectivity index is 1.37. The van der Waals surface area contributed by atoms with Crippen molar-refractivity contribution < 1.29 is 9.66 Å². The second-order valence-electron chi connectivity index (χ2n) is 6.21. The van der Waals surface area contributed by atoms with Crippen LogP contribution in [0.5, 0.6) is 5.75 Å². The highest BCUT2D eigenvalue weighted by atomic mass is 32.2. The Morgan fingerprint density at radius 3 is 3.00 bits per heavy atom. The number of nitro groups is 1. The average Bonchev–Trinajstić information content (AvgIpc) is 3.29. The quantitative estimate of drug-likeness (QED) is 0.313. The molecule has 0 radical (unpaired) electrons. The van der Waals surface area contributed by atoms with Crippen LogP contribution in [0.25, 0.3) is 0 Å². The first kappa shape index (κ1) is 17.7. The maximum absolute atomic E-state index is 10.7. The second kappa shape index (κ2) is 8.84. The van der Waals surface area contributed by atoms with Crippen molar-refractivity contribution >= 4 is 17.4 Å². The molecule has 1 fully saturated rings. The number of aromatic nitrogens is 3. The first-order valence-electron chi connectivity index (χ1n) is 8.62. The monoisotopic (exact) mass is 362 g/mol. The van der Waals surface area contributed by atoms with Crippen LogP contribution in [0.2, 0.25) is 0 Å². The number of nitrogens with one attached hydrogen (secondary N) is 1. The van der Waals surface area contributed by atoms with E-state index in [1.54, 1.807) is 12.1 Å². The van der Waals surface area contributed by atoms with E-state index in [0.717, 1.165) is 23.3 Å². The summed E-state index contributed by atoms with van der Waals surface area (Å²) in [5.74, 6) is 2.99. The lowest BCUT2D eigenvalue weighted by Gasteiger charge is -2.05. The van der Waals surface area contributed by atoms with Crippen LogP contribution in [0.15, 0.2) is 29.4 Å². The number of H-pyrrole nitrogens is 1. The average molecular weight is 362 g/mol. The van der Waals surface area contributed by atoms with Gasteiger partial charge in [-0.25, -0.2) is 4.98 Å². The number of benzene rings is 1. The van der Waals surface area contributed by atoms with Gasteiger partial charge in [0.2, 0.25) is 5.16 Å². The number of hydrogen-bond donors (Lipinski definition) is 1. The van der Waals surface area contributed by atoms with E-state index < -0.39 is 4.92 Å². The third-order valence-corrected chi connectivity index (χ3v) is 5.20. The summed E-state index contributed by atoms with van der Waals surface area (Å²) in [7, 11) is 0. The third kappa shape index (κ3) is 5.45. The molecule has 1 aromatic carbocycles. The maximum Gasteiger partial charge on any atom is 0.273 e. The molecule has 0 bridgehead atoms. The highest BCUT2D eigenvalue weighted by Gasteiger charge is 2.15. The minimum atomic E-state index is -0.428. The lowest BCUT2D eigenvalue weighted by molar-refractivity contribution is -0.384. The fraction of sp³-hybridized carbons (Fsp3) is 0.529. The van der Waals surface area contributed by atoms with Crippen LogP contribution in [0.4, 0.5) is 5.69 Å². The van der Waals surface area contributed by atoms with Crippen LogP contribution in [-0.2, 0) is 6.42 Å². The Kier molecular flexibility index (Phi) is 6.27. The van der Waals surface area contributed by atoms with Crippen LogP contribution in [0.3, 0.4) is 0 Å². The van der Waals surface area contributed by atoms with E-state index in [1.165, 1.54) is 56.0 Å². The van der Waals surface area contributed by atoms with Gasteiger partial charge in [0.25, 0.3) is 5.69 Å². The van der Waals surface area contributed by atoms with Crippen LogP contribution in [0, 0.1) is 16.0 Å². The van der Waals surface area contributed by atoms with Gasteiger partial charge < -0.3 is 4.74 Å². The van der Waals surface area contributed by atoms with Gasteiger partial charge >= 0.3 is 0 Å². The Hall–Kier alpha value is -2.09. The number of hydrogen-bond acceptors (Lipinski definition) is 6. The molecule has 0 unspecified atom stereocenters. The minimum absolute atomic E-state index is 0.0334. The Morgan fingerprint density at radius 1 is 1.36 bits per heavy atom. The van der Waals surface area contributed by atoms with Gasteiger partial charge in [-0.1, -0.05) is 43.5 Å². The van der Waals surface area contributed by atoms with Crippen LogP contribution in [0.1, 0.15) is 37.9 Å². The van der Waals surface area contributed by atoms with Crippen molar-refractivity contribution in [2.75, 3.05) is 12.4 Å². The molecule has 1 N–H and O–H groups in total. The number of thioether (sulfide) groups is 1. The van der Waals surface area contributed by atoms with Crippen LogP contribution in [-0.4, -0.2) is 32.5 Å². The molecule has 0 amide bonds. The van der Waals surface area contributed by atoms with Crippen LogP contribution >= 0.6 is 11.8 Å². The fourth-order valence-corrected chi connectivity index (χ4v) is 3.71. The summed E-state index contributed by atoms with van der Waals surface area (Å²) >= 11 is 1.52. The number of rotatable bonds is 9. The molecule has 1 aliphatic carbocycles. The van der Waals surface area contributed by atoms with E-state index in [1.807, 2.05) is 0 Å². The molecule has 0 spiro atoms. The molecule has 0 saturated heterocycles. The molecule has 7 nitrogen and oxygen atoms in total. The van der Waals surface area contributed by atoms with Crippen LogP contribution < -0.4 is 4.74 Å². The summed E-state index contributed by atoms with van der Waals surface area (Å²) in [6.45, 7) is 0.442. The number of aromatic amines is 1. The molecule has 8 heteroatoms. The molecule has 1 aromatic heterocycles. The van der Waals surface area contributed by atoms with Crippen molar-refractivity contribution in [3.05, 3.63) is 40.2 Å². The van der Waals surface area contributed by atoms with E-state index >= 15 is 0 Å². The molecule has 3 rings (SSSR count). The van der Waals surface area contributed by atoms with E-state index in [9.17, 15) is 10.1 Å². The molecule has 1 heterocycles. The summed E-state index contributed by atoms with van der Waals surface area (Å²) < 4.78 is 5.55. The molecular formula is C17H22N4O3S. The fourth-order valence-electron chi connectivity index (χ4n) is 3.07. The van der Waals surface area contributed by atoms with Crippen molar-refractivity contribution in [1.29, 1.82) is 0 Å². The van der Waals surface area contributed by atoms with Gasteiger partial charge in [0.05, 0.1) is 17.6 Å². The van der Waals surface area contributed by atoms with Crippen molar-refractivity contribution in [3.63, 3.8) is 0 Å².